The van der Waals surface area contributed by atoms with E-state index in [0.29, 0.717) is 5.78 Å². The Bertz CT molecular complexity index is 474. The smallest absolute Gasteiger partial charge is 0.140 e. The molecule has 1 aromatic rings. The van der Waals surface area contributed by atoms with Crippen molar-refractivity contribution in [2.24, 2.45) is 10.8 Å². The van der Waals surface area contributed by atoms with Crippen molar-refractivity contribution in [1.29, 1.82) is 0 Å². The molecule has 3 rings (SSSR count). The molecule has 2 fully saturated rings. The highest BCUT2D eigenvalue weighted by Gasteiger charge is 2.69. The van der Waals surface area contributed by atoms with Gasteiger partial charge in [-0.3, -0.25) is 4.79 Å². The maximum absolute atomic E-state index is 12.4. The molecule has 0 heterocycles. The summed E-state index contributed by atoms with van der Waals surface area (Å²) in [6.45, 7) is 6.75. The van der Waals surface area contributed by atoms with E-state index in [-0.39, 0.29) is 16.2 Å². The second kappa shape index (κ2) is 3.01. The van der Waals surface area contributed by atoms with E-state index in [9.17, 15) is 4.79 Å². The van der Waals surface area contributed by atoms with Gasteiger partial charge in [0.25, 0.3) is 0 Å². The molecule has 90 valence electrons. The van der Waals surface area contributed by atoms with Gasteiger partial charge in [0.05, 0.1) is 0 Å². The van der Waals surface area contributed by atoms with E-state index in [4.69, 9.17) is 0 Å². The first-order chi connectivity index (χ1) is 7.94. The van der Waals surface area contributed by atoms with Gasteiger partial charge >= 0.3 is 0 Å². The zero-order valence-corrected chi connectivity index (χ0v) is 10.9. The predicted molar refractivity (Wildman–Crippen MR) is 68.9 cm³/mol. The molecule has 1 aromatic carbocycles. The minimum absolute atomic E-state index is 0.0818. The van der Waals surface area contributed by atoms with Crippen LogP contribution in [0.2, 0.25) is 0 Å². The third-order valence-corrected chi connectivity index (χ3v) is 6.03. The Labute approximate surface area is 103 Å². The van der Waals surface area contributed by atoms with Crippen LogP contribution in [0.15, 0.2) is 30.3 Å². The first-order valence-corrected chi connectivity index (χ1v) is 6.53. The summed E-state index contributed by atoms with van der Waals surface area (Å²) in [7, 11) is 0. The van der Waals surface area contributed by atoms with Crippen molar-refractivity contribution in [3.05, 3.63) is 35.9 Å². The van der Waals surface area contributed by atoms with Crippen LogP contribution in [0.4, 0.5) is 0 Å². The van der Waals surface area contributed by atoms with E-state index >= 15 is 0 Å². The molecule has 0 amide bonds. The van der Waals surface area contributed by atoms with Crippen LogP contribution in [0.5, 0.6) is 0 Å². The summed E-state index contributed by atoms with van der Waals surface area (Å²) in [5.74, 6) is 0.470. The Kier molecular flexibility index (Phi) is 1.95. The second-order valence-corrected chi connectivity index (χ2v) is 6.51. The summed E-state index contributed by atoms with van der Waals surface area (Å²) in [6.07, 6.45) is 2.94. The molecule has 2 saturated carbocycles. The molecule has 2 atom stereocenters. The molecule has 0 unspecified atom stereocenters. The SMILES string of the molecule is CC1(C)[C@]2(c3ccccc3)CC[C@@]1(C)C(=O)C2. The molecule has 0 saturated heterocycles. The highest BCUT2D eigenvalue weighted by atomic mass is 16.1. The lowest BCUT2D eigenvalue weighted by molar-refractivity contribution is -0.128. The lowest BCUT2D eigenvalue weighted by atomic mass is 9.62. The molecule has 2 bridgehead atoms. The van der Waals surface area contributed by atoms with Gasteiger partial charge < -0.3 is 0 Å². The Morgan fingerprint density at radius 1 is 1.00 bits per heavy atom. The van der Waals surface area contributed by atoms with Crippen LogP contribution < -0.4 is 0 Å². The fourth-order valence-electron chi connectivity index (χ4n) is 4.25. The number of carbonyl (C=O) groups excluding carboxylic acids is 1. The Balaban J connectivity index is 2.20. The summed E-state index contributed by atoms with van der Waals surface area (Å²) in [5, 5.41) is 0. The van der Waals surface area contributed by atoms with E-state index in [1.54, 1.807) is 0 Å². The summed E-state index contributed by atoms with van der Waals surface area (Å²) >= 11 is 0. The van der Waals surface area contributed by atoms with Crippen molar-refractivity contribution in [1.82, 2.24) is 0 Å². The van der Waals surface area contributed by atoms with Crippen LogP contribution in [0.25, 0.3) is 0 Å². The van der Waals surface area contributed by atoms with Crippen LogP contribution in [-0.4, -0.2) is 5.78 Å². The third kappa shape index (κ3) is 1.04. The summed E-state index contributed by atoms with van der Waals surface area (Å²) in [5.41, 5.74) is 1.42. The lowest BCUT2D eigenvalue weighted by Gasteiger charge is -2.40. The fraction of sp³-hybridized carbons (Fsp3) is 0.562. The Morgan fingerprint density at radius 2 is 1.65 bits per heavy atom. The zero-order chi connectivity index (χ0) is 12.3. The van der Waals surface area contributed by atoms with Crippen molar-refractivity contribution in [2.45, 2.75) is 45.4 Å². The maximum atomic E-state index is 12.4. The molecule has 0 N–H and O–H groups in total. The number of ketones is 1. The largest absolute Gasteiger partial charge is 0.299 e. The number of carbonyl (C=O) groups is 1. The van der Waals surface area contributed by atoms with Crippen molar-refractivity contribution in [3.63, 3.8) is 0 Å². The third-order valence-electron chi connectivity index (χ3n) is 6.03. The van der Waals surface area contributed by atoms with E-state index in [1.165, 1.54) is 5.56 Å². The van der Waals surface area contributed by atoms with Crippen LogP contribution in [-0.2, 0) is 10.2 Å². The average molecular weight is 228 g/mol. The van der Waals surface area contributed by atoms with Gasteiger partial charge in [-0.25, -0.2) is 0 Å². The van der Waals surface area contributed by atoms with E-state index in [2.05, 4.69) is 51.1 Å². The zero-order valence-electron chi connectivity index (χ0n) is 10.9. The molecule has 17 heavy (non-hydrogen) atoms. The van der Waals surface area contributed by atoms with E-state index in [0.717, 1.165) is 19.3 Å². The number of hydrogen-bond acceptors (Lipinski definition) is 1. The molecule has 0 radical (unpaired) electrons. The van der Waals surface area contributed by atoms with Gasteiger partial charge in [-0.15, -0.1) is 0 Å². The summed E-state index contributed by atoms with van der Waals surface area (Å²) < 4.78 is 0. The first-order valence-electron chi connectivity index (χ1n) is 6.53. The fourth-order valence-corrected chi connectivity index (χ4v) is 4.25. The van der Waals surface area contributed by atoms with Crippen molar-refractivity contribution in [2.75, 3.05) is 0 Å². The minimum Gasteiger partial charge on any atom is -0.299 e. The molecule has 1 nitrogen and oxygen atoms in total. The molecule has 2 aliphatic rings. The van der Waals surface area contributed by atoms with Gasteiger partial charge in [-0.2, -0.15) is 0 Å². The van der Waals surface area contributed by atoms with Gasteiger partial charge in [-0.1, -0.05) is 51.1 Å². The number of Topliss-reactive ketones (excluding diaryl/α,β-unsaturated/α-hetero) is 1. The molecule has 0 aliphatic heterocycles. The number of benzene rings is 1. The lowest BCUT2D eigenvalue weighted by Crippen LogP contribution is -2.38. The van der Waals surface area contributed by atoms with E-state index < -0.39 is 0 Å². The van der Waals surface area contributed by atoms with Crippen LogP contribution in [0.1, 0.15) is 45.6 Å². The maximum Gasteiger partial charge on any atom is 0.140 e. The normalized spacial score (nSPS) is 38.6. The van der Waals surface area contributed by atoms with Gasteiger partial charge in [-0.05, 0) is 23.8 Å². The van der Waals surface area contributed by atoms with Crippen LogP contribution in [0, 0.1) is 10.8 Å². The standard InChI is InChI=1S/C16H20O/c1-14(2)15(3)9-10-16(14,11-13(15)17)12-7-5-4-6-8-12/h4-8H,9-11H2,1-3H3/t15-,16+/m0/s1. The summed E-state index contributed by atoms with van der Waals surface area (Å²) in [6, 6.07) is 10.6. The van der Waals surface area contributed by atoms with Gasteiger partial charge in [0.1, 0.15) is 5.78 Å². The van der Waals surface area contributed by atoms with Crippen LogP contribution in [0.3, 0.4) is 0 Å². The highest BCUT2D eigenvalue weighted by molar-refractivity contribution is 5.91. The molecular formula is C16H20O. The van der Waals surface area contributed by atoms with E-state index in [1.807, 2.05) is 0 Å². The van der Waals surface area contributed by atoms with Crippen molar-refractivity contribution in [3.8, 4) is 0 Å². The number of rotatable bonds is 1. The molecular weight excluding hydrogens is 208 g/mol. The minimum atomic E-state index is -0.108. The second-order valence-electron chi connectivity index (χ2n) is 6.51. The molecule has 0 aromatic heterocycles. The molecule has 2 aliphatic carbocycles. The van der Waals surface area contributed by atoms with Gasteiger partial charge in [0.2, 0.25) is 0 Å². The van der Waals surface area contributed by atoms with Crippen molar-refractivity contribution < 1.29 is 4.79 Å². The highest BCUT2D eigenvalue weighted by Crippen LogP contribution is 2.70. The Hall–Kier alpha value is -1.11. The molecule has 0 spiro atoms. The predicted octanol–water partition coefficient (Wildman–Crippen LogP) is 3.72. The number of fused-ring (bicyclic) bond motifs is 2. The quantitative estimate of drug-likeness (QED) is 0.716. The first kappa shape index (κ1) is 11.0. The monoisotopic (exact) mass is 228 g/mol. The molecule has 1 heteroatoms. The topological polar surface area (TPSA) is 17.1 Å². The average Bonchev–Trinajstić information content (AvgIpc) is 2.61. The Morgan fingerprint density at radius 3 is 2.12 bits per heavy atom. The summed E-state index contributed by atoms with van der Waals surface area (Å²) in [4.78, 5) is 12.4. The number of hydrogen-bond donors (Lipinski definition) is 0. The van der Waals surface area contributed by atoms with Gasteiger partial charge in [0.15, 0.2) is 0 Å². The van der Waals surface area contributed by atoms with Gasteiger partial charge in [0, 0.05) is 17.3 Å². The van der Waals surface area contributed by atoms with Crippen molar-refractivity contribution >= 4 is 5.78 Å². The van der Waals surface area contributed by atoms with Crippen LogP contribution >= 0.6 is 0 Å².